The largest absolute Gasteiger partial charge is 0.482 e. The number of amides is 1. The number of carbonyl (C=O) groups is 1. The fourth-order valence-corrected chi connectivity index (χ4v) is 4.15. The molecule has 1 N–H and O–H groups in total. The zero-order valence-corrected chi connectivity index (χ0v) is 20.0. The van der Waals surface area contributed by atoms with Crippen molar-refractivity contribution in [2.24, 2.45) is 0 Å². The summed E-state index contributed by atoms with van der Waals surface area (Å²) in [6.45, 7) is 6.56. The van der Waals surface area contributed by atoms with Crippen LogP contribution in [-0.4, -0.2) is 26.4 Å². The van der Waals surface area contributed by atoms with Crippen molar-refractivity contribution in [1.29, 1.82) is 0 Å². The van der Waals surface area contributed by atoms with Crippen LogP contribution in [0, 0.1) is 6.92 Å². The van der Waals surface area contributed by atoms with E-state index in [4.69, 9.17) is 16.3 Å². The number of ether oxygens (including phenoxy) is 1. The molecule has 0 radical (unpaired) electrons. The van der Waals surface area contributed by atoms with Gasteiger partial charge in [0.05, 0.1) is 5.75 Å². The summed E-state index contributed by atoms with van der Waals surface area (Å²) in [4.78, 5) is 12.3. The Balaban J connectivity index is 1.64. The fourth-order valence-electron chi connectivity index (χ4n) is 2.85. The summed E-state index contributed by atoms with van der Waals surface area (Å²) < 4.78 is 9.01. The zero-order chi connectivity index (χ0) is 21.7. The number of aryl methyl sites for hydroxylation is 1. The Bertz CT molecular complexity index is 1030. The maximum absolute atomic E-state index is 12.3. The number of aromatic nitrogens is 3. The number of hydrogen-bond acceptors (Lipinski definition) is 5. The van der Waals surface area contributed by atoms with E-state index < -0.39 is 0 Å². The number of anilines is 1. The first kappa shape index (κ1) is 22.7. The number of nitrogens with one attached hydrogen (secondary N) is 1. The van der Waals surface area contributed by atoms with Gasteiger partial charge in [0.25, 0.3) is 0 Å². The smallest absolute Gasteiger partial charge is 0.234 e. The van der Waals surface area contributed by atoms with Gasteiger partial charge in [-0.1, -0.05) is 39.3 Å². The Morgan fingerprint density at radius 2 is 2.00 bits per heavy atom. The predicted octanol–water partition coefficient (Wildman–Crippen LogP) is 5.89. The summed E-state index contributed by atoms with van der Waals surface area (Å²) in [5, 5.41) is 12.8. The van der Waals surface area contributed by atoms with E-state index in [-0.39, 0.29) is 17.8 Å². The summed E-state index contributed by atoms with van der Waals surface area (Å²) in [5.74, 6) is 1.60. The number of thioether (sulfide) groups is 1. The number of rotatable bonds is 8. The monoisotopic (exact) mass is 508 g/mol. The van der Waals surface area contributed by atoms with Crippen molar-refractivity contribution in [3.63, 3.8) is 0 Å². The number of halogens is 2. The van der Waals surface area contributed by atoms with Gasteiger partial charge < -0.3 is 14.6 Å². The van der Waals surface area contributed by atoms with E-state index in [9.17, 15) is 4.79 Å². The average Bonchev–Trinajstić information content (AvgIpc) is 3.13. The molecule has 1 aromatic heterocycles. The van der Waals surface area contributed by atoms with Gasteiger partial charge in [-0.25, -0.2) is 0 Å². The van der Waals surface area contributed by atoms with E-state index in [0.717, 1.165) is 21.5 Å². The van der Waals surface area contributed by atoms with E-state index in [0.29, 0.717) is 22.5 Å². The van der Waals surface area contributed by atoms with E-state index in [2.05, 4.69) is 31.4 Å². The Hall–Kier alpha value is -2.03. The summed E-state index contributed by atoms with van der Waals surface area (Å²) in [5.41, 5.74) is 1.71. The molecular weight excluding hydrogens is 488 g/mol. The molecule has 1 atom stereocenters. The van der Waals surface area contributed by atoms with Crippen LogP contribution >= 0.6 is 39.3 Å². The minimum Gasteiger partial charge on any atom is -0.482 e. The molecule has 158 valence electrons. The Morgan fingerprint density at radius 3 is 2.67 bits per heavy atom. The van der Waals surface area contributed by atoms with Crippen LogP contribution in [0.5, 0.6) is 5.75 Å². The fraction of sp³-hybridized carbons (Fsp3) is 0.286. The topological polar surface area (TPSA) is 69.0 Å². The molecule has 1 unspecified atom stereocenters. The van der Waals surface area contributed by atoms with E-state index >= 15 is 0 Å². The maximum Gasteiger partial charge on any atom is 0.234 e. The molecule has 3 rings (SSSR count). The molecule has 0 aliphatic carbocycles. The van der Waals surface area contributed by atoms with Crippen LogP contribution in [0.25, 0.3) is 0 Å². The van der Waals surface area contributed by atoms with Crippen molar-refractivity contribution < 1.29 is 9.53 Å². The number of hydrogen-bond donors (Lipinski definition) is 1. The van der Waals surface area contributed by atoms with Gasteiger partial charge >= 0.3 is 0 Å². The highest BCUT2D eigenvalue weighted by Crippen LogP contribution is 2.28. The van der Waals surface area contributed by atoms with Gasteiger partial charge in [0, 0.05) is 21.7 Å². The van der Waals surface area contributed by atoms with Gasteiger partial charge in [-0.05, 0) is 68.8 Å². The lowest BCUT2D eigenvalue weighted by Crippen LogP contribution is -2.15. The van der Waals surface area contributed by atoms with Gasteiger partial charge in [0.1, 0.15) is 5.75 Å². The second-order valence-electron chi connectivity index (χ2n) is 6.60. The average molecular weight is 510 g/mol. The van der Waals surface area contributed by atoms with Crippen LogP contribution < -0.4 is 10.1 Å². The first-order valence-corrected chi connectivity index (χ1v) is 11.6. The molecule has 30 heavy (non-hydrogen) atoms. The molecular formula is C21H22BrClN4O2S. The lowest BCUT2D eigenvalue weighted by molar-refractivity contribution is -0.113. The van der Waals surface area contributed by atoms with E-state index in [1.807, 2.05) is 61.7 Å². The van der Waals surface area contributed by atoms with Gasteiger partial charge in [-0.2, -0.15) is 0 Å². The maximum atomic E-state index is 12.3. The third kappa shape index (κ3) is 5.77. The molecule has 0 bridgehead atoms. The van der Waals surface area contributed by atoms with Crippen LogP contribution in [0.1, 0.15) is 31.3 Å². The highest BCUT2D eigenvalue weighted by atomic mass is 79.9. The Morgan fingerprint density at radius 1 is 1.27 bits per heavy atom. The second kappa shape index (κ2) is 10.3. The lowest BCUT2D eigenvalue weighted by Gasteiger charge is -2.17. The van der Waals surface area contributed by atoms with Gasteiger partial charge in [0.2, 0.25) is 5.91 Å². The normalized spacial score (nSPS) is 11.9. The van der Waals surface area contributed by atoms with Crippen molar-refractivity contribution >= 4 is 50.9 Å². The summed E-state index contributed by atoms with van der Waals surface area (Å²) in [6.07, 6.45) is -0.303. The quantitative estimate of drug-likeness (QED) is 0.383. The van der Waals surface area contributed by atoms with E-state index in [1.54, 1.807) is 6.07 Å². The molecule has 3 aromatic rings. The first-order chi connectivity index (χ1) is 14.4. The molecule has 2 aromatic carbocycles. The lowest BCUT2D eigenvalue weighted by atomic mass is 10.2. The van der Waals surface area contributed by atoms with Crippen LogP contribution in [-0.2, 0) is 11.3 Å². The number of nitrogens with zero attached hydrogens (tertiary/aromatic N) is 3. The number of benzene rings is 2. The molecule has 0 spiro atoms. The first-order valence-electron chi connectivity index (χ1n) is 9.41. The van der Waals surface area contributed by atoms with Crippen LogP contribution in [0.15, 0.2) is 52.1 Å². The molecule has 0 saturated heterocycles. The number of carbonyl (C=O) groups excluding carboxylic acids is 1. The molecule has 1 heterocycles. The molecule has 9 heteroatoms. The SMILES string of the molecule is CCn1c(SCC(=O)Nc2ccc(Br)cc2)nnc1C(C)Oc1ccc(Cl)cc1C. The minimum atomic E-state index is -0.303. The molecule has 0 saturated carbocycles. The third-order valence-corrected chi connectivity index (χ3v) is 6.06. The summed E-state index contributed by atoms with van der Waals surface area (Å²) >= 11 is 10.7. The van der Waals surface area contributed by atoms with Gasteiger partial charge in [-0.15, -0.1) is 10.2 Å². The van der Waals surface area contributed by atoms with Crippen molar-refractivity contribution in [3.05, 3.63) is 63.3 Å². The Labute approximate surface area is 193 Å². The van der Waals surface area contributed by atoms with Crippen molar-refractivity contribution in [3.8, 4) is 5.75 Å². The van der Waals surface area contributed by atoms with Crippen molar-refractivity contribution in [2.75, 3.05) is 11.1 Å². The zero-order valence-electron chi connectivity index (χ0n) is 16.9. The minimum absolute atomic E-state index is 0.101. The standard InChI is InChI=1S/C21H22BrClN4O2S/c1-4-27-20(14(3)29-18-10-7-16(23)11-13(18)2)25-26-21(27)30-12-19(28)24-17-8-5-15(22)6-9-17/h5-11,14H,4,12H2,1-3H3,(H,24,28). The van der Waals surface area contributed by atoms with Crippen LogP contribution in [0.2, 0.25) is 5.02 Å². The van der Waals surface area contributed by atoms with Crippen molar-refractivity contribution in [2.45, 2.75) is 38.6 Å². The van der Waals surface area contributed by atoms with E-state index in [1.165, 1.54) is 11.8 Å². The highest BCUT2D eigenvalue weighted by molar-refractivity contribution is 9.10. The molecule has 6 nitrogen and oxygen atoms in total. The molecule has 0 fully saturated rings. The molecule has 0 aliphatic rings. The molecule has 1 amide bonds. The summed E-state index contributed by atoms with van der Waals surface area (Å²) in [6, 6.07) is 13.0. The van der Waals surface area contributed by atoms with Crippen LogP contribution in [0.3, 0.4) is 0 Å². The predicted molar refractivity (Wildman–Crippen MR) is 124 cm³/mol. The van der Waals surface area contributed by atoms with Gasteiger partial charge in [-0.3, -0.25) is 4.79 Å². The van der Waals surface area contributed by atoms with Crippen LogP contribution in [0.4, 0.5) is 5.69 Å². The third-order valence-electron chi connectivity index (χ3n) is 4.33. The second-order valence-corrected chi connectivity index (χ2v) is 8.89. The highest BCUT2D eigenvalue weighted by Gasteiger charge is 2.20. The van der Waals surface area contributed by atoms with Crippen molar-refractivity contribution in [1.82, 2.24) is 14.8 Å². The van der Waals surface area contributed by atoms with Gasteiger partial charge in [0.15, 0.2) is 17.1 Å². The summed E-state index contributed by atoms with van der Waals surface area (Å²) in [7, 11) is 0. The molecule has 0 aliphatic heterocycles. The Kier molecular flexibility index (Phi) is 7.80.